The molecule has 2 aliphatic rings. The van der Waals surface area contributed by atoms with Crippen molar-refractivity contribution in [2.24, 2.45) is 10.9 Å². The van der Waals surface area contributed by atoms with E-state index in [-0.39, 0.29) is 5.84 Å². The zero-order valence-corrected chi connectivity index (χ0v) is 11.1. The molecule has 2 heterocycles. The summed E-state index contributed by atoms with van der Waals surface area (Å²) in [5.74, 6) is 1.07. The highest BCUT2D eigenvalue weighted by molar-refractivity contribution is 6.01. The minimum atomic E-state index is 0.169. The first-order chi connectivity index (χ1) is 9.29. The van der Waals surface area contributed by atoms with Crippen molar-refractivity contribution >= 4 is 11.7 Å². The number of nitrogens with two attached hydrogens (primary N) is 1. The van der Waals surface area contributed by atoms with Crippen LogP contribution in [0.4, 0.5) is 5.82 Å². The molecule has 0 aromatic carbocycles. The van der Waals surface area contributed by atoms with Crippen LogP contribution in [0.15, 0.2) is 11.2 Å². The van der Waals surface area contributed by atoms with Crippen LogP contribution in [0.3, 0.4) is 0 Å². The van der Waals surface area contributed by atoms with Gasteiger partial charge in [-0.3, -0.25) is 0 Å². The minimum Gasteiger partial charge on any atom is -0.409 e. The van der Waals surface area contributed by atoms with Crippen LogP contribution in [0.5, 0.6) is 0 Å². The van der Waals surface area contributed by atoms with Crippen molar-refractivity contribution in [3.8, 4) is 0 Å². The summed E-state index contributed by atoms with van der Waals surface area (Å²) in [6, 6.07) is 2.07. The van der Waals surface area contributed by atoms with Crippen molar-refractivity contribution in [3.63, 3.8) is 0 Å². The summed E-state index contributed by atoms with van der Waals surface area (Å²) in [5, 5.41) is 12.1. The first-order valence-corrected chi connectivity index (χ1v) is 7.05. The van der Waals surface area contributed by atoms with Crippen molar-refractivity contribution in [1.29, 1.82) is 0 Å². The Morgan fingerprint density at radius 2 is 1.95 bits per heavy atom. The summed E-state index contributed by atoms with van der Waals surface area (Å²) in [4.78, 5) is 7.07. The first-order valence-electron chi connectivity index (χ1n) is 7.05. The summed E-state index contributed by atoms with van der Waals surface area (Å²) in [6.07, 6.45) is 6.89. The Morgan fingerprint density at radius 1 is 1.21 bits per heavy atom. The molecule has 1 aliphatic carbocycles. The predicted octanol–water partition coefficient (Wildman–Crippen LogP) is 1.66. The average molecular weight is 260 g/mol. The monoisotopic (exact) mass is 260 g/mol. The summed E-state index contributed by atoms with van der Waals surface area (Å²) >= 11 is 0. The molecular weight excluding hydrogens is 240 g/mol. The van der Waals surface area contributed by atoms with Gasteiger partial charge < -0.3 is 15.8 Å². The number of fused-ring (bicyclic) bond motifs is 1. The van der Waals surface area contributed by atoms with E-state index in [9.17, 15) is 0 Å². The molecule has 1 fully saturated rings. The van der Waals surface area contributed by atoms with Crippen LogP contribution in [0.25, 0.3) is 0 Å². The largest absolute Gasteiger partial charge is 0.409 e. The number of hydrogen-bond donors (Lipinski definition) is 2. The maximum absolute atomic E-state index is 8.98. The molecule has 19 heavy (non-hydrogen) atoms. The van der Waals surface area contributed by atoms with Crippen LogP contribution in [-0.2, 0) is 12.8 Å². The van der Waals surface area contributed by atoms with Gasteiger partial charge in [-0.05, 0) is 50.2 Å². The van der Waals surface area contributed by atoms with Crippen molar-refractivity contribution in [2.45, 2.75) is 38.5 Å². The Hall–Kier alpha value is -1.78. The molecule has 1 saturated heterocycles. The van der Waals surface area contributed by atoms with Crippen LogP contribution in [0, 0.1) is 0 Å². The van der Waals surface area contributed by atoms with Gasteiger partial charge in [0.2, 0.25) is 0 Å². The molecule has 0 radical (unpaired) electrons. The zero-order valence-electron chi connectivity index (χ0n) is 11.1. The van der Waals surface area contributed by atoms with Crippen molar-refractivity contribution < 1.29 is 5.21 Å². The summed E-state index contributed by atoms with van der Waals surface area (Å²) < 4.78 is 0. The molecule has 3 rings (SSSR count). The van der Waals surface area contributed by atoms with E-state index in [4.69, 9.17) is 15.9 Å². The zero-order chi connectivity index (χ0) is 13.2. The Bertz CT molecular complexity index is 506. The van der Waals surface area contributed by atoms with E-state index < -0.39 is 0 Å². The van der Waals surface area contributed by atoms with Gasteiger partial charge in [-0.1, -0.05) is 5.16 Å². The Kier molecular flexibility index (Phi) is 3.27. The quantitative estimate of drug-likeness (QED) is 0.367. The molecule has 5 heteroatoms. The first kappa shape index (κ1) is 12.3. The molecule has 1 aromatic heterocycles. The molecule has 0 unspecified atom stereocenters. The highest BCUT2D eigenvalue weighted by atomic mass is 16.4. The Labute approximate surface area is 113 Å². The number of anilines is 1. The molecule has 0 atom stereocenters. The predicted molar refractivity (Wildman–Crippen MR) is 74.8 cm³/mol. The maximum atomic E-state index is 8.98. The van der Waals surface area contributed by atoms with Crippen LogP contribution in [0.1, 0.15) is 42.5 Å². The van der Waals surface area contributed by atoms with Gasteiger partial charge in [0.15, 0.2) is 5.84 Å². The number of rotatable bonds is 2. The van der Waals surface area contributed by atoms with Crippen molar-refractivity contribution in [2.75, 3.05) is 18.0 Å². The SMILES string of the molecule is NC(=NO)c1cc2c(nc1N1CCCC1)CCCC2. The number of amidine groups is 1. The van der Waals surface area contributed by atoms with Gasteiger partial charge in [-0.2, -0.15) is 0 Å². The lowest BCUT2D eigenvalue weighted by atomic mass is 9.94. The molecule has 0 spiro atoms. The topological polar surface area (TPSA) is 74.7 Å². The molecule has 0 amide bonds. The Balaban J connectivity index is 2.08. The number of pyridine rings is 1. The maximum Gasteiger partial charge on any atom is 0.173 e. The van der Waals surface area contributed by atoms with Gasteiger partial charge in [0.25, 0.3) is 0 Å². The van der Waals surface area contributed by atoms with E-state index in [0.29, 0.717) is 0 Å². The molecule has 0 bridgehead atoms. The molecular formula is C14H20N4O. The van der Waals surface area contributed by atoms with Crippen LogP contribution in [0.2, 0.25) is 0 Å². The second-order valence-electron chi connectivity index (χ2n) is 5.35. The lowest BCUT2D eigenvalue weighted by molar-refractivity contribution is 0.318. The molecule has 0 saturated carbocycles. The van der Waals surface area contributed by atoms with E-state index in [1.807, 2.05) is 0 Å². The Morgan fingerprint density at radius 3 is 2.68 bits per heavy atom. The number of nitrogens with zero attached hydrogens (tertiary/aromatic N) is 3. The van der Waals surface area contributed by atoms with Gasteiger partial charge >= 0.3 is 0 Å². The van der Waals surface area contributed by atoms with Gasteiger partial charge in [0, 0.05) is 18.8 Å². The van der Waals surface area contributed by atoms with E-state index in [1.165, 1.54) is 36.9 Å². The summed E-state index contributed by atoms with van der Waals surface area (Å²) in [6.45, 7) is 2.02. The number of aromatic nitrogens is 1. The van der Waals surface area contributed by atoms with Crippen LogP contribution >= 0.6 is 0 Å². The fraction of sp³-hybridized carbons (Fsp3) is 0.571. The highest BCUT2D eigenvalue weighted by Gasteiger charge is 2.22. The second kappa shape index (κ2) is 5.07. The lowest BCUT2D eigenvalue weighted by Gasteiger charge is -2.24. The summed E-state index contributed by atoms with van der Waals surface area (Å²) in [7, 11) is 0. The fourth-order valence-electron chi connectivity index (χ4n) is 3.04. The normalized spacial score (nSPS) is 19.6. The number of hydrogen-bond acceptors (Lipinski definition) is 4. The molecule has 1 aliphatic heterocycles. The van der Waals surface area contributed by atoms with Gasteiger partial charge in [0.05, 0.1) is 5.56 Å². The molecule has 5 nitrogen and oxygen atoms in total. The molecule has 3 N–H and O–H groups in total. The smallest absolute Gasteiger partial charge is 0.173 e. The third-order valence-corrected chi connectivity index (χ3v) is 4.07. The van der Waals surface area contributed by atoms with Gasteiger partial charge in [-0.25, -0.2) is 4.98 Å². The highest BCUT2D eigenvalue weighted by Crippen LogP contribution is 2.28. The van der Waals surface area contributed by atoms with Crippen molar-refractivity contribution in [3.05, 3.63) is 22.9 Å². The third kappa shape index (κ3) is 2.25. The van der Waals surface area contributed by atoms with E-state index >= 15 is 0 Å². The van der Waals surface area contributed by atoms with Crippen LogP contribution in [-0.4, -0.2) is 29.1 Å². The van der Waals surface area contributed by atoms with E-state index in [1.54, 1.807) is 0 Å². The lowest BCUT2D eigenvalue weighted by Crippen LogP contribution is -2.26. The average Bonchev–Trinajstić information content (AvgIpc) is 2.99. The summed E-state index contributed by atoms with van der Waals surface area (Å²) in [5.41, 5.74) is 9.07. The number of aryl methyl sites for hydroxylation is 2. The molecule has 102 valence electrons. The van der Waals surface area contributed by atoms with Crippen molar-refractivity contribution in [1.82, 2.24) is 4.98 Å². The van der Waals surface area contributed by atoms with Gasteiger partial charge in [-0.15, -0.1) is 0 Å². The van der Waals surface area contributed by atoms with E-state index in [2.05, 4.69) is 16.1 Å². The third-order valence-electron chi connectivity index (χ3n) is 4.07. The van der Waals surface area contributed by atoms with Gasteiger partial charge in [0.1, 0.15) is 5.82 Å². The fourth-order valence-corrected chi connectivity index (χ4v) is 3.04. The second-order valence-corrected chi connectivity index (χ2v) is 5.35. The van der Waals surface area contributed by atoms with E-state index in [0.717, 1.165) is 37.3 Å². The number of oxime groups is 1. The minimum absolute atomic E-state index is 0.169. The standard InChI is InChI=1S/C14H20N4O/c15-13(17-19)11-9-10-5-1-2-6-12(10)16-14(11)18-7-3-4-8-18/h9,19H,1-8H2,(H2,15,17). The molecule has 1 aromatic rings. The van der Waals surface area contributed by atoms with Crippen LogP contribution < -0.4 is 10.6 Å².